The molecule has 0 saturated heterocycles. The average molecular weight is 242 g/mol. The van der Waals surface area contributed by atoms with Crippen LogP contribution in [-0.2, 0) is 0 Å². The predicted octanol–water partition coefficient (Wildman–Crippen LogP) is 2.62. The predicted molar refractivity (Wildman–Crippen MR) is 54.4 cm³/mol. The number of hydrogen-bond donors (Lipinski definition) is 2. The number of hydrogen-bond acceptors (Lipinski definition) is 3. The third-order valence-electron chi connectivity index (χ3n) is 1.07. The summed E-state index contributed by atoms with van der Waals surface area (Å²) in [5, 5.41) is 15.7. The van der Waals surface area contributed by atoms with Crippen LogP contribution in [0.2, 0.25) is 10.0 Å². The van der Waals surface area contributed by atoms with Crippen LogP contribution in [0.25, 0.3) is 0 Å². The van der Waals surface area contributed by atoms with E-state index in [-0.39, 0.29) is 12.4 Å². The molecule has 0 spiro atoms. The zero-order chi connectivity index (χ0) is 9.56. The summed E-state index contributed by atoms with van der Waals surface area (Å²) >= 11 is 11.2. The van der Waals surface area contributed by atoms with Gasteiger partial charge in [0, 0.05) is 0 Å². The lowest BCUT2D eigenvalue weighted by atomic mass is 10.2. The van der Waals surface area contributed by atoms with E-state index in [9.17, 15) is 0 Å². The quantitative estimate of drug-likeness (QED) is 0.686. The Morgan fingerprint density at radius 1 is 1.31 bits per heavy atom. The van der Waals surface area contributed by atoms with Gasteiger partial charge in [0.1, 0.15) is 6.07 Å². The Hall–Kier alpha value is -0.500. The maximum Gasteiger partial charge on any atom is 0.101 e. The summed E-state index contributed by atoms with van der Waals surface area (Å²) in [6, 6.07) is 6.87. The van der Waals surface area contributed by atoms with Gasteiger partial charge in [-0.25, -0.2) is 5.90 Å². The Balaban J connectivity index is 0. The van der Waals surface area contributed by atoms with Crippen LogP contribution in [0.3, 0.4) is 0 Å². The van der Waals surface area contributed by atoms with Crippen LogP contribution < -0.4 is 5.90 Å². The monoisotopic (exact) mass is 240 g/mol. The fourth-order valence-electron chi connectivity index (χ4n) is 0.590. The minimum absolute atomic E-state index is 0. The highest BCUT2D eigenvalue weighted by atomic mass is 35.5. The van der Waals surface area contributed by atoms with Gasteiger partial charge in [0.25, 0.3) is 0 Å². The van der Waals surface area contributed by atoms with E-state index in [2.05, 4.69) is 5.90 Å². The molecule has 0 aromatic heterocycles. The Bertz CT molecular complexity index is 298. The maximum absolute atomic E-state index is 8.45. The summed E-state index contributed by atoms with van der Waals surface area (Å²) in [7, 11) is 0. The largest absolute Gasteiger partial charge is 0.320 e. The Morgan fingerprint density at radius 2 is 1.85 bits per heavy atom. The number of halogens is 3. The molecule has 1 rings (SSSR count). The highest BCUT2D eigenvalue weighted by molar-refractivity contribution is 6.42. The van der Waals surface area contributed by atoms with E-state index in [1.807, 2.05) is 6.07 Å². The second-order valence-electron chi connectivity index (χ2n) is 1.71. The van der Waals surface area contributed by atoms with Crippen LogP contribution in [0.15, 0.2) is 18.2 Å². The van der Waals surface area contributed by atoms with Gasteiger partial charge in [-0.3, -0.25) is 0 Å². The first-order valence-electron chi connectivity index (χ1n) is 2.85. The van der Waals surface area contributed by atoms with Crippen LogP contribution >= 0.6 is 35.6 Å². The lowest BCUT2D eigenvalue weighted by molar-refractivity contribution is 0.311. The first-order chi connectivity index (χ1) is 5.75. The minimum Gasteiger partial charge on any atom is -0.320 e. The standard InChI is InChI=1S/C7H3Cl2N.ClH.H3NO/c8-6-3-1-2-5(4-10)7(6)9;;1-2/h1-3H;1H;2H,1H2. The molecule has 0 aliphatic heterocycles. The number of benzene rings is 1. The van der Waals surface area contributed by atoms with E-state index in [0.29, 0.717) is 15.6 Å². The Labute approximate surface area is 92.0 Å². The summed E-state index contributed by atoms with van der Waals surface area (Å²) in [5.74, 6) is 3.50. The fourth-order valence-corrected chi connectivity index (χ4v) is 0.933. The van der Waals surface area contributed by atoms with Crippen LogP contribution in [0.4, 0.5) is 0 Å². The normalized spacial score (nSPS) is 7.31. The van der Waals surface area contributed by atoms with Crippen molar-refractivity contribution in [2.75, 3.05) is 0 Å². The van der Waals surface area contributed by atoms with Crippen molar-refractivity contribution in [2.24, 2.45) is 5.90 Å². The van der Waals surface area contributed by atoms with Crippen molar-refractivity contribution >= 4 is 35.6 Å². The lowest BCUT2D eigenvalue weighted by Crippen LogP contribution is -1.75. The molecule has 6 heteroatoms. The molecule has 0 bridgehead atoms. The number of nitriles is 1. The topological polar surface area (TPSA) is 70.0 Å². The molecule has 3 N–H and O–H groups in total. The number of nitrogens with zero attached hydrogens (tertiary/aromatic N) is 1. The van der Waals surface area contributed by atoms with Crippen molar-refractivity contribution in [3.63, 3.8) is 0 Å². The second kappa shape index (κ2) is 8.11. The highest BCUT2D eigenvalue weighted by Gasteiger charge is 2.00. The van der Waals surface area contributed by atoms with Gasteiger partial charge in [-0.05, 0) is 12.1 Å². The second-order valence-corrected chi connectivity index (χ2v) is 2.50. The Morgan fingerprint density at radius 3 is 2.23 bits per heavy atom. The molecule has 0 atom stereocenters. The van der Waals surface area contributed by atoms with E-state index in [1.165, 1.54) is 0 Å². The maximum atomic E-state index is 8.45. The third kappa shape index (κ3) is 4.32. The summed E-state index contributed by atoms with van der Waals surface area (Å²) in [4.78, 5) is 0. The van der Waals surface area contributed by atoms with Gasteiger partial charge in [0.2, 0.25) is 0 Å². The molecule has 0 heterocycles. The minimum atomic E-state index is 0. The van der Waals surface area contributed by atoms with Gasteiger partial charge in [0.05, 0.1) is 15.6 Å². The molecule has 1 aromatic rings. The summed E-state index contributed by atoms with van der Waals surface area (Å²) in [6.07, 6.45) is 0. The zero-order valence-electron chi connectivity index (χ0n) is 6.37. The lowest BCUT2D eigenvalue weighted by Gasteiger charge is -1.94. The van der Waals surface area contributed by atoms with Crippen molar-refractivity contribution in [3.05, 3.63) is 33.8 Å². The highest BCUT2D eigenvalue weighted by Crippen LogP contribution is 2.24. The van der Waals surface area contributed by atoms with Crippen molar-refractivity contribution < 1.29 is 5.21 Å². The van der Waals surface area contributed by atoms with E-state index in [4.69, 9.17) is 33.7 Å². The van der Waals surface area contributed by atoms with Gasteiger partial charge in [-0.15, -0.1) is 12.4 Å². The molecule has 0 saturated carbocycles. The van der Waals surface area contributed by atoms with Crippen molar-refractivity contribution in [1.82, 2.24) is 0 Å². The van der Waals surface area contributed by atoms with Gasteiger partial charge < -0.3 is 5.21 Å². The molecule has 0 unspecified atom stereocenters. The fraction of sp³-hybridized carbons (Fsp3) is 0. The SMILES string of the molecule is Cl.N#Cc1cccc(Cl)c1Cl.NO. The molecule has 0 amide bonds. The molecule has 0 aliphatic rings. The molecular weight excluding hydrogens is 234 g/mol. The summed E-state index contributed by atoms with van der Waals surface area (Å²) in [5.41, 5.74) is 0.411. The third-order valence-corrected chi connectivity index (χ3v) is 1.89. The molecule has 0 radical (unpaired) electrons. The van der Waals surface area contributed by atoms with Gasteiger partial charge in [0.15, 0.2) is 0 Å². The van der Waals surface area contributed by atoms with E-state index < -0.39 is 0 Å². The first-order valence-corrected chi connectivity index (χ1v) is 3.61. The average Bonchev–Trinajstić information content (AvgIpc) is 2.13. The molecule has 0 aliphatic carbocycles. The molecule has 3 nitrogen and oxygen atoms in total. The van der Waals surface area contributed by atoms with Gasteiger partial charge >= 0.3 is 0 Å². The molecule has 72 valence electrons. The van der Waals surface area contributed by atoms with Gasteiger partial charge in [-0.2, -0.15) is 5.26 Å². The smallest absolute Gasteiger partial charge is 0.101 e. The van der Waals surface area contributed by atoms with Crippen LogP contribution in [0.1, 0.15) is 5.56 Å². The summed E-state index contributed by atoms with van der Waals surface area (Å²) < 4.78 is 0. The van der Waals surface area contributed by atoms with Crippen LogP contribution in [-0.4, -0.2) is 5.21 Å². The van der Waals surface area contributed by atoms with E-state index in [1.54, 1.807) is 18.2 Å². The molecule has 13 heavy (non-hydrogen) atoms. The number of rotatable bonds is 0. The van der Waals surface area contributed by atoms with Crippen molar-refractivity contribution in [1.29, 1.82) is 5.26 Å². The van der Waals surface area contributed by atoms with Crippen molar-refractivity contribution in [3.8, 4) is 6.07 Å². The molecule has 0 fully saturated rings. The zero-order valence-corrected chi connectivity index (χ0v) is 8.70. The first kappa shape index (κ1) is 15.0. The van der Waals surface area contributed by atoms with E-state index >= 15 is 0 Å². The Kier molecular flexibility index (Phi) is 9.36. The molecule has 1 aromatic carbocycles. The van der Waals surface area contributed by atoms with Crippen LogP contribution in [0, 0.1) is 11.3 Å². The summed E-state index contributed by atoms with van der Waals surface area (Å²) in [6.45, 7) is 0. The molecular formula is C7H7Cl3N2O. The van der Waals surface area contributed by atoms with Crippen molar-refractivity contribution in [2.45, 2.75) is 0 Å². The number of nitrogens with two attached hydrogens (primary N) is 1. The van der Waals surface area contributed by atoms with E-state index in [0.717, 1.165) is 0 Å². The van der Waals surface area contributed by atoms with Crippen LogP contribution in [0.5, 0.6) is 0 Å². The van der Waals surface area contributed by atoms with Gasteiger partial charge in [-0.1, -0.05) is 29.3 Å².